The molecule has 26 heteroatoms. The summed E-state index contributed by atoms with van der Waals surface area (Å²) < 4.78 is 71.1. The minimum atomic E-state index is -3.41. The van der Waals surface area contributed by atoms with Gasteiger partial charge in [0.1, 0.15) is 17.6 Å². The molecule has 21 nitrogen and oxygen atoms in total. The van der Waals surface area contributed by atoms with Gasteiger partial charge in [0, 0.05) is 12.8 Å². The zero-order valence-electron chi connectivity index (χ0n) is 25.0. The molecule has 4 fully saturated rings. The third-order valence-electron chi connectivity index (χ3n) is 9.90. The second-order valence-electron chi connectivity index (χ2n) is 12.6. The monoisotopic (exact) mass is 740 g/mol. The van der Waals surface area contributed by atoms with Crippen molar-refractivity contribution in [2.45, 2.75) is 86.2 Å². The highest BCUT2D eigenvalue weighted by Gasteiger charge is 2.85. The highest BCUT2D eigenvalue weighted by molar-refractivity contribution is 7.63. The topological polar surface area (TPSA) is 312 Å². The van der Waals surface area contributed by atoms with Crippen LogP contribution in [0.4, 0.5) is 22.4 Å². The number of hydrogen-bond acceptors (Lipinski definition) is 19. The Labute approximate surface area is 277 Å². The van der Waals surface area contributed by atoms with Gasteiger partial charge in [-0.2, -0.15) is 0 Å². The Morgan fingerprint density at radius 1 is 0.900 bits per heavy atom. The van der Waals surface area contributed by atoms with Crippen LogP contribution in [0.25, 0.3) is 0 Å². The van der Waals surface area contributed by atoms with Crippen LogP contribution in [0.1, 0.15) is 12.8 Å². The first kappa shape index (κ1) is 34.6. The SMILES string of the molecule is NC1=NC2C(N=CN2[C@@H]2O[C@H](CO)C3(CC3(F)F)[C@H]2O)C(=O)N1.NC1=NC2C(N=CN2[C@@H]2O[C@H](OC(=O)P(O)O)C3(CC3(F)F)[C@H]2O)C(=O)N1. The van der Waals surface area contributed by atoms with Crippen LogP contribution >= 0.6 is 8.38 Å². The van der Waals surface area contributed by atoms with Crippen LogP contribution in [0.5, 0.6) is 0 Å². The second kappa shape index (κ2) is 11.3. The number of fused-ring (bicyclic) bond motifs is 2. The molecule has 50 heavy (non-hydrogen) atoms. The number of aliphatic imine (C=N–C) groups is 4. The quantitative estimate of drug-likeness (QED) is 0.0949. The summed E-state index contributed by atoms with van der Waals surface area (Å²) in [4.78, 5) is 71.3. The molecular formula is C24H29F4N10O11P. The van der Waals surface area contributed by atoms with E-state index >= 15 is 0 Å². The van der Waals surface area contributed by atoms with Gasteiger partial charge < -0.3 is 60.6 Å². The van der Waals surface area contributed by atoms with Gasteiger partial charge in [0.25, 0.3) is 32.0 Å². The number of guanidine groups is 2. The zero-order valence-corrected chi connectivity index (χ0v) is 25.9. The standard InChI is InChI=1S/C12H14F2N5O7P.C12H15F2N5O4/c13-12(14)1-11(12)4(20)7(25-8(11)26-10(22)27(23)24)19-2-16-3-5(19)17-9(15)18-6(3)21;13-12(14)2-11(12)4(1-20)23-9(6(11)21)19-3-16-5-7(19)17-10(15)18-8(5)22/h2-5,7-8,20,23-24H,1H2,(H3,15,17,18,21);3-7,9,20-21H,1-2H2,(H3,15,17,18,22)/t3?,4-,5?,7+,8+,11?;4-,5?,6+,7?,9-,11?/m01/s1. The number of amides is 2. The van der Waals surface area contributed by atoms with E-state index in [-0.39, 0.29) is 11.9 Å². The maximum absolute atomic E-state index is 14.0. The molecule has 11 N–H and O–H groups in total. The number of hydrogen-bond donors (Lipinski definition) is 9. The number of aliphatic hydroxyl groups is 3. The van der Waals surface area contributed by atoms with Crippen LogP contribution in [-0.2, 0) is 23.8 Å². The molecule has 2 saturated heterocycles. The number of aliphatic hydroxyl groups excluding tert-OH is 3. The van der Waals surface area contributed by atoms with Crippen molar-refractivity contribution in [3.63, 3.8) is 0 Å². The van der Waals surface area contributed by atoms with Gasteiger partial charge in [-0.3, -0.25) is 30.2 Å². The molecule has 0 bridgehead atoms. The smallest absolute Gasteiger partial charge is 0.385 e. The summed E-state index contributed by atoms with van der Waals surface area (Å²) in [6.45, 7) is -0.645. The fraction of sp³-hybridized carbons (Fsp3) is 0.708. The van der Waals surface area contributed by atoms with E-state index in [4.69, 9.17) is 30.7 Å². The molecule has 0 aromatic rings. The number of nitrogens with one attached hydrogen (secondary N) is 2. The van der Waals surface area contributed by atoms with Gasteiger partial charge in [-0.25, -0.2) is 32.3 Å². The van der Waals surface area contributed by atoms with Gasteiger partial charge >= 0.3 is 5.71 Å². The van der Waals surface area contributed by atoms with Crippen molar-refractivity contribution in [3.05, 3.63) is 0 Å². The average Bonchev–Trinajstić information content (AvgIpc) is 3.39. The molecule has 2 spiro atoms. The Morgan fingerprint density at radius 2 is 1.34 bits per heavy atom. The van der Waals surface area contributed by atoms with Crippen LogP contribution in [-0.4, -0.2) is 157 Å². The summed E-state index contributed by atoms with van der Waals surface area (Å²) in [6.07, 6.45) is -10.2. The molecule has 2 amide bonds. The number of rotatable bonds is 5. The van der Waals surface area contributed by atoms with Crippen molar-refractivity contribution in [1.82, 2.24) is 20.4 Å². The Bertz CT molecular complexity index is 1630. The van der Waals surface area contributed by atoms with Gasteiger partial charge in [0.15, 0.2) is 48.8 Å². The van der Waals surface area contributed by atoms with Crippen LogP contribution in [0, 0.1) is 10.8 Å². The Morgan fingerprint density at radius 3 is 1.74 bits per heavy atom. The first-order valence-electron chi connectivity index (χ1n) is 14.7. The molecule has 0 aromatic carbocycles. The molecule has 274 valence electrons. The number of nitrogens with zero attached hydrogens (tertiary/aromatic N) is 6. The van der Waals surface area contributed by atoms with Gasteiger partial charge in [0.05, 0.1) is 30.8 Å². The van der Waals surface area contributed by atoms with E-state index in [2.05, 4.69) is 35.3 Å². The minimum absolute atomic E-state index is 0.121. The van der Waals surface area contributed by atoms with E-state index in [0.29, 0.717) is 0 Å². The van der Waals surface area contributed by atoms with Crippen LogP contribution in [0.3, 0.4) is 0 Å². The van der Waals surface area contributed by atoms with Gasteiger partial charge in [-0.15, -0.1) is 0 Å². The van der Waals surface area contributed by atoms with Crippen molar-refractivity contribution in [3.8, 4) is 0 Å². The number of nitrogens with two attached hydrogens (primary N) is 2. The van der Waals surface area contributed by atoms with Crippen LogP contribution in [0.15, 0.2) is 20.0 Å². The summed E-state index contributed by atoms with van der Waals surface area (Å²) in [5.74, 6) is -7.91. The molecule has 8 rings (SSSR count). The van der Waals surface area contributed by atoms with E-state index in [1.807, 2.05) is 0 Å². The predicted molar refractivity (Wildman–Crippen MR) is 154 cm³/mol. The fourth-order valence-corrected chi connectivity index (χ4v) is 7.33. The molecular weight excluding hydrogens is 711 g/mol. The molecule has 6 aliphatic heterocycles. The molecule has 6 unspecified atom stereocenters. The minimum Gasteiger partial charge on any atom is -0.428 e. The largest absolute Gasteiger partial charge is 0.428 e. The Hall–Kier alpha value is -3.84. The lowest BCUT2D eigenvalue weighted by Gasteiger charge is -2.33. The van der Waals surface area contributed by atoms with Crippen LogP contribution in [0.2, 0.25) is 0 Å². The number of halogens is 4. The predicted octanol–water partition coefficient (Wildman–Crippen LogP) is -4.46. The van der Waals surface area contributed by atoms with Crippen molar-refractivity contribution in [2.75, 3.05) is 6.61 Å². The van der Waals surface area contributed by atoms with Gasteiger partial charge in [-0.1, -0.05) is 0 Å². The molecule has 12 atom stereocenters. The van der Waals surface area contributed by atoms with E-state index in [1.165, 1.54) is 11.2 Å². The summed E-state index contributed by atoms with van der Waals surface area (Å²) in [6, 6.07) is -1.91. The van der Waals surface area contributed by atoms with Gasteiger partial charge in [-0.05, 0) is 0 Å². The molecule has 0 aromatic heterocycles. The molecule has 2 aliphatic carbocycles. The summed E-state index contributed by atoms with van der Waals surface area (Å²) in [5.41, 5.74) is 5.40. The lowest BCUT2D eigenvalue weighted by molar-refractivity contribution is -0.151. The van der Waals surface area contributed by atoms with Crippen molar-refractivity contribution in [2.24, 2.45) is 42.3 Å². The highest BCUT2D eigenvalue weighted by atomic mass is 31.2. The number of carbonyl (C=O) groups is 3. The van der Waals surface area contributed by atoms with Crippen LogP contribution < -0.4 is 22.1 Å². The van der Waals surface area contributed by atoms with E-state index in [9.17, 15) is 47.3 Å². The summed E-state index contributed by atoms with van der Waals surface area (Å²) >= 11 is 0. The van der Waals surface area contributed by atoms with Crippen molar-refractivity contribution in [1.29, 1.82) is 0 Å². The van der Waals surface area contributed by atoms with E-state index in [0.717, 1.165) is 11.2 Å². The third-order valence-corrected chi connectivity index (χ3v) is 10.3. The first-order chi connectivity index (χ1) is 23.4. The fourth-order valence-electron chi connectivity index (χ4n) is 7.14. The lowest BCUT2D eigenvalue weighted by Crippen LogP contribution is -2.56. The second-order valence-corrected chi connectivity index (χ2v) is 13.6. The maximum atomic E-state index is 14.0. The average molecular weight is 741 g/mol. The Balaban J connectivity index is 0.000000159. The number of alkyl halides is 4. The van der Waals surface area contributed by atoms with E-state index < -0.39 is 129 Å². The maximum Gasteiger partial charge on any atom is 0.385 e. The summed E-state index contributed by atoms with van der Waals surface area (Å²) in [5, 5.41) is 34.8. The molecule has 2 saturated carbocycles. The third kappa shape index (κ3) is 4.86. The Kier molecular flexibility index (Phi) is 7.84. The lowest BCUT2D eigenvalue weighted by atomic mass is 9.93. The molecule has 6 heterocycles. The van der Waals surface area contributed by atoms with Gasteiger partial charge in [0.2, 0.25) is 6.29 Å². The number of ether oxygens (including phenoxy) is 3. The van der Waals surface area contributed by atoms with Crippen molar-refractivity contribution < 1.29 is 71.3 Å². The zero-order chi connectivity index (χ0) is 36.3. The molecule has 0 radical (unpaired) electrons. The van der Waals surface area contributed by atoms with Crippen molar-refractivity contribution >= 4 is 50.5 Å². The number of carbonyl (C=O) groups excluding carboxylic acids is 3. The normalized spacial score (nSPS) is 44.0. The molecule has 8 aliphatic rings. The summed E-state index contributed by atoms with van der Waals surface area (Å²) in [7, 11) is -3.18. The van der Waals surface area contributed by atoms with E-state index in [1.54, 1.807) is 0 Å². The first-order valence-corrected chi connectivity index (χ1v) is 16.0. The highest BCUT2D eigenvalue weighted by Crippen LogP contribution is 2.70.